The third-order valence-electron chi connectivity index (χ3n) is 3.64. The minimum Gasteiger partial charge on any atom is -0.497 e. The van der Waals surface area contributed by atoms with E-state index in [0.29, 0.717) is 16.5 Å². The fraction of sp³-hybridized carbons (Fsp3) is 0.167. The molecule has 1 heterocycles. The third-order valence-corrected chi connectivity index (χ3v) is 4.78. The lowest BCUT2D eigenvalue weighted by Gasteiger charge is -2.10. The molecule has 134 valence electrons. The first-order valence-corrected chi connectivity index (χ1v) is 8.77. The summed E-state index contributed by atoms with van der Waals surface area (Å²) in [6, 6.07) is 16.3. The monoisotopic (exact) mass is 372 g/mol. The Morgan fingerprint density at radius 1 is 1.19 bits per heavy atom. The van der Waals surface area contributed by atoms with E-state index < -0.39 is 10.9 Å². The number of anilines is 1. The number of amides is 1. The van der Waals surface area contributed by atoms with Gasteiger partial charge in [-0.1, -0.05) is 18.2 Å². The number of para-hydroxylation sites is 1. The van der Waals surface area contributed by atoms with Gasteiger partial charge in [0.05, 0.1) is 12.4 Å². The van der Waals surface area contributed by atoms with E-state index in [1.165, 1.54) is 4.68 Å². The molecular weight excluding hydrogens is 354 g/mol. The second kappa shape index (κ2) is 7.92. The molecule has 1 atom stereocenters. The van der Waals surface area contributed by atoms with Gasteiger partial charge in [0, 0.05) is 17.8 Å². The van der Waals surface area contributed by atoms with Crippen molar-refractivity contribution in [2.75, 3.05) is 12.4 Å². The first-order valence-electron chi connectivity index (χ1n) is 7.89. The molecule has 3 aromatic rings. The van der Waals surface area contributed by atoms with Crippen LogP contribution in [0, 0.1) is 0 Å². The standard InChI is InChI=1S/C18H17N3O4S/c1-12(16(22)19-13-8-10-15(24-2)11-9-13)26-17-18(23)25-20-21(17)14-6-4-3-5-7-14/h3-12H,1-2H3,(H-,19,20,22,23)/p+1. The number of nitrogens with one attached hydrogen (secondary N) is 2. The Labute approximate surface area is 153 Å². The van der Waals surface area contributed by atoms with Crippen molar-refractivity contribution in [2.45, 2.75) is 17.2 Å². The molecule has 7 nitrogen and oxygen atoms in total. The van der Waals surface area contributed by atoms with E-state index in [1.807, 2.05) is 30.3 Å². The summed E-state index contributed by atoms with van der Waals surface area (Å²) in [6.45, 7) is 1.73. The van der Waals surface area contributed by atoms with Crippen LogP contribution in [0.1, 0.15) is 6.92 Å². The summed E-state index contributed by atoms with van der Waals surface area (Å²) in [5.74, 6) is 0.486. The van der Waals surface area contributed by atoms with Crippen LogP contribution in [0.3, 0.4) is 0 Å². The highest BCUT2D eigenvalue weighted by Crippen LogP contribution is 2.21. The number of aromatic amines is 1. The lowest BCUT2D eigenvalue weighted by molar-refractivity contribution is -0.704. The molecule has 0 fully saturated rings. The number of thioether (sulfide) groups is 1. The fourth-order valence-corrected chi connectivity index (χ4v) is 3.14. The van der Waals surface area contributed by atoms with Gasteiger partial charge in [-0.2, -0.15) is 0 Å². The van der Waals surface area contributed by atoms with E-state index in [0.717, 1.165) is 17.4 Å². The number of hydrogen-bond donors (Lipinski definition) is 2. The summed E-state index contributed by atoms with van der Waals surface area (Å²) < 4.78 is 11.5. The largest absolute Gasteiger partial charge is 0.497 e. The second-order valence-corrected chi connectivity index (χ2v) is 6.76. The predicted molar refractivity (Wildman–Crippen MR) is 97.8 cm³/mol. The maximum atomic E-state index is 12.4. The summed E-state index contributed by atoms with van der Waals surface area (Å²) in [7, 11) is 1.58. The van der Waals surface area contributed by atoms with Crippen LogP contribution in [0.25, 0.3) is 5.69 Å². The molecule has 8 heteroatoms. The van der Waals surface area contributed by atoms with Crippen molar-refractivity contribution < 1.29 is 18.7 Å². The zero-order valence-corrected chi connectivity index (χ0v) is 15.1. The van der Waals surface area contributed by atoms with Crippen LogP contribution in [0.2, 0.25) is 0 Å². The molecular formula is C18H18N3O4S+. The van der Waals surface area contributed by atoms with Crippen molar-refractivity contribution in [3.8, 4) is 11.4 Å². The minimum atomic E-state index is -0.525. The number of aromatic nitrogens is 2. The molecule has 2 N–H and O–H groups in total. The molecule has 0 saturated heterocycles. The molecule has 0 aliphatic heterocycles. The van der Waals surface area contributed by atoms with Crippen LogP contribution in [-0.2, 0) is 4.79 Å². The van der Waals surface area contributed by atoms with Gasteiger partial charge in [-0.25, -0.2) is 4.79 Å². The fourth-order valence-electron chi connectivity index (χ4n) is 2.25. The Hall–Kier alpha value is -3.00. The topological polar surface area (TPSA) is 88.2 Å². The van der Waals surface area contributed by atoms with Crippen molar-refractivity contribution in [1.82, 2.24) is 5.27 Å². The summed E-state index contributed by atoms with van der Waals surface area (Å²) in [5.41, 5.74) is 0.867. The smallest absolute Gasteiger partial charge is 0.442 e. The Kier molecular flexibility index (Phi) is 5.43. The van der Waals surface area contributed by atoms with Crippen LogP contribution in [0.5, 0.6) is 5.75 Å². The van der Waals surface area contributed by atoms with Gasteiger partial charge in [0.2, 0.25) is 11.6 Å². The number of hydrogen-bond acceptors (Lipinski definition) is 5. The molecule has 0 bridgehead atoms. The van der Waals surface area contributed by atoms with Crippen molar-refractivity contribution in [2.24, 2.45) is 0 Å². The van der Waals surface area contributed by atoms with Gasteiger partial charge in [-0.15, -0.1) is 0 Å². The summed E-state index contributed by atoms with van der Waals surface area (Å²) in [4.78, 5) is 24.5. The van der Waals surface area contributed by atoms with Crippen molar-refractivity contribution in [3.63, 3.8) is 0 Å². The zero-order valence-electron chi connectivity index (χ0n) is 14.3. The van der Waals surface area contributed by atoms with E-state index >= 15 is 0 Å². The number of ether oxygens (including phenoxy) is 1. The molecule has 3 rings (SSSR count). The van der Waals surface area contributed by atoms with Gasteiger partial charge < -0.3 is 10.1 Å². The lowest BCUT2D eigenvalue weighted by atomic mass is 10.3. The number of methoxy groups -OCH3 is 1. The molecule has 2 aromatic carbocycles. The lowest BCUT2D eigenvalue weighted by Crippen LogP contribution is -2.37. The average Bonchev–Trinajstić information content (AvgIpc) is 3.03. The molecule has 1 unspecified atom stereocenters. The Morgan fingerprint density at radius 3 is 2.54 bits per heavy atom. The first kappa shape index (κ1) is 17.8. The van der Waals surface area contributed by atoms with Crippen LogP contribution in [0.4, 0.5) is 5.69 Å². The molecule has 0 aliphatic carbocycles. The predicted octanol–water partition coefficient (Wildman–Crippen LogP) is 2.37. The van der Waals surface area contributed by atoms with E-state index in [2.05, 4.69) is 10.6 Å². The number of rotatable bonds is 6. The van der Waals surface area contributed by atoms with Crippen LogP contribution < -0.4 is 20.4 Å². The molecule has 0 aliphatic rings. The van der Waals surface area contributed by atoms with Crippen LogP contribution in [-0.4, -0.2) is 23.5 Å². The summed E-state index contributed by atoms with van der Waals surface area (Å²) in [5, 5.41) is 5.17. The van der Waals surface area contributed by atoms with Gasteiger partial charge in [0.1, 0.15) is 5.75 Å². The normalized spacial score (nSPS) is 11.8. The SMILES string of the molecule is COc1ccc(NC(=O)C(C)Sc2c(=O)o[nH][n+]2-c2ccccc2)cc1. The van der Waals surface area contributed by atoms with Crippen molar-refractivity contribution >= 4 is 23.4 Å². The number of nitrogens with zero attached hydrogens (tertiary/aromatic N) is 1. The van der Waals surface area contributed by atoms with Gasteiger partial charge >= 0.3 is 10.7 Å². The third kappa shape index (κ3) is 3.97. The molecule has 0 radical (unpaired) electrons. The number of carbonyl (C=O) groups is 1. The Bertz CT molecular complexity index is 935. The second-order valence-electron chi connectivity index (χ2n) is 5.43. The van der Waals surface area contributed by atoms with Crippen molar-refractivity contribution in [1.29, 1.82) is 0 Å². The number of carbonyl (C=O) groups excluding carboxylic acids is 1. The van der Waals surface area contributed by atoms with Crippen molar-refractivity contribution in [3.05, 3.63) is 65.0 Å². The minimum absolute atomic E-state index is 0.222. The maximum Gasteiger partial charge on any atom is 0.442 e. The van der Waals surface area contributed by atoms with E-state index in [4.69, 9.17) is 9.26 Å². The zero-order chi connectivity index (χ0) is 18.5. The number of H-pyrrole nitrogens is 1. The van der Waals surface area contributed by atoms with Crippen LogP contribution in [0.15, 0.2) is 68.9 Å². The Balaban J connectivity index is 1.73. The van der Waals surface area contributed by atoms with Gasteiger partial charge in [0.25, 0.3) is 0 Å². The van der Waals surface area contributed by atoms with Gasteiger partial charge in [-0.3, -0.25) is 9.32 Å². The van der Waals surface area contributed by atoms with Gasteiger partial charge in [0.15, 0.2) is 0 Å². The van der Waals surface area contributed by atoms with E-state index in [1.54, 1.807) is 38.3 Å². The molecule has 0 saturated carbocycles. The highest BCUT2D eigenvalue weighted by molar-refractivity contribution is 8.00. The van der Waals surface area contributed by atoms with Gasteiger partial charge in [-0.05, 0) is 52.9 Å². The van der Waals surface area contributed by atoms with Crippen LogP contribution >= 0.6 is 11.8 Å². The summed E-state index contributed by atoms with van der Waals surface area (Å²) >= 11 is 1.12. The van der Waals surface area contributed by atoms with E-state index in [-0.39, 0.29) is 5.91 Å². The molecule has 1 amide bonds. The maximum absolute atomic E-state index is 12.4. The summed E-state index contributed by atoms with van der Waals surface area (Å²) in [6.07, 6.45) is 0. The quantitative estimate of drug-likeness (QED) is 0.512. The highest BCUT2D eigenvalue weighted by atomic mass is 32.2. The highest BCUT2D eigenvalue weighted by Gasteiger charge is 2.28. The van der Waals surface area contributed by atoms with E-state index in [9.17, 15) is 9.59 Å². The average molecular weight is 372 g/mol. The number of benzene rings is 2. The molecule has 1 aromatic heterocycles. The first-order chi connectivity index (χ1) is 12.6. The molecule has 26 heavy (non-hydrogen) atoms. The molecule has 0 spiro atoms. The Morgan fingerprint density at radius 2 is 1.88 bits per heavy atom.